The summed E-state index contributed by atoms with van der Waals surface area (Å²) in [5.74, 6) is 0.588. The Morgan fingerprint density at radius 3 is 2.68 bits per heavy atom. The SMILES string of the molecule is CCc1ccc(Nc2nnc(SCC(C)=O)s2)cc1. The molecule has 1 aromatic heterocycles. The average Bonchev–Trinajstić information content (AvgIpc) is 2.85. The third-order valence-corrected chi connectivity index (χ3v) is 4.54. The number of carbonyl (C=O) groups is 1. The van der Waals surface area contributed by atoms with Gasteiger partial charge >= 0.3 is 0 Å². The van der Waals surface area contributed by atoms with Crippen LogP contribution in [0.5, 0.6) is 0 Å². The minimum absolute atomic E-state index is 0.143. The van der Waals surface area contributed by atoms with Crippen molar-refractivity contribution >= 4 is 39.7 Å². The molecule has 19 heavy (non-hydrogen) atoms. The van der Waals surface area contributed by atoms with Crippen LogP contribution in [0.2, 0.25) is 0 Å². The van der Waals surface area contributed by atoms with Gasteiger partial charge in [-0.15, -0.1) is 10.2 Å². The normalized spacial score (nSPS) is 10.4. The molecular formula is C13H15N3OS2. The number of benzene rings is 1. The molecule has 0 spiro atoms. The first-order valence-corrected chi connectivity index (χ1v) is 7.79. The molecule has 0 atom stereocenters. The molecule has 0 aliphatic rings. The fraction of sp³-hybridized carbons (Fsp3) is 0.308. The van der Waals surface area contributed by atoms with Crippen molar-refractivity contribution in [2.75, 3.05) is 11.1 Å². The highest BCUT2D eigenvalue weighted by molar-refractivity contribution is 8.01. The molecule has 0 aliphatic heterocycles. The van der Waals surface area contributed by atoms with E-state index in [9.17, 15) is 4.79 Å². The maximum atomic E-state index is 10.9. The van der Waals surface area contributed by atoms with Crippen LogP contribution in [0, 0.1) is 0 Å². The number of carbonyl (C=O) groups excluding carboxylic acids is 1. The summed E-state index contributed by atoms with van der Waals surface area (Å²) < 4.78 is 0.808. The number of anilines is 2. The molecule has 1 heterocycles. The highest BCUT2D eigenvalue weighted by Gasteiger charge is 2.06. The largest absolute Gasteiger partial charge is 0.330 e. The molecule has 0 unspecified atom stereocenters. The maximum Gasteiger partial charge on any atom is 0.210 e. The summed E-state index contributed by atoms with van der Waals surface area (Å²) in [6, 6.07) is 8.24. The fourth-order valence-corrected chi connectivity index (χ4v) is 3.00. The van der Waals surface area contributed by atoms with Crippen LogP contribution in [0.15, 0.2) is 28.6 Å². The van der Waals surface area contributed by atoms with Crippen LogP contribution < -0.4 is 5.32 Å². The van der Waals surface area contributed by atoms with E-state index in [1.807, 2.05) is 12.1 Å². The first-order chi connectivity index (χ1) is 9.17. The van der Waals surface area contributed by atoms with Gasteiger partial charge in [0.2, 0.25) is 5.13 Å². The van der Waals surface area contributed by atoms with Gasteiger partial charge in [-0.1, -0.05) is 42.2 Å². The van der Waals surface area contributed by atoms with Crippen LogP contribution >= 0.6 is 23.1 Å². The van der Waals surface area contributed by atoms with Gasteiger partial charge in [-0.05, 0) is 31.0 Å². The molecule has 1 N–H and O–H groups in total. The Hall–Kier alpha value is -1.40. The van der Waals surface area contributed by atoms with Gasteiger partial charge < -0.3 is 5.32 Å². The number of nitrogens with zero attached hydrogens (tertiary/aromatic N) is 2. The number of hydrogen-bond acceptors (Lipinski definition) is 6. The highest BCUT2D eigenvalue weighted by Crippen LogP contribution is 2.27. The average molecular weight is 293 g/mol. The predicted molar refractivity (Wildman–Crippen MR) is 80.4 cm³/mol. The summed E-state index contributed by atoms with van der Waals surface area (Å²) >= 11 is 2.88. The number of Topliss-reactive ketones (excluding diaryl/α,β-unsaturated/α-hetero) is 1. The van der Waals surface area contributed by atoms with Crippen LogP contribution in [0.1, 0.15) is 19.4 Å². The lowest BCUT2D eigenvalue weighted by Crippen LogP contribution is -1.92. The Morgan fingerprint density at radius 2 is 2.05 bits per heavy atom. The zero-order valence-electron chi connectivity index (χ0n) is 10.8. The zero-order chi connectivity index (χ0) is 13.7. The van der Waals surface area contributed by atoms with Crippen LogP contribution in [0.25, 0.3) is 0 Å². The van der Waals surface area contributed by atoms with Crippen molar-refractivity contribution in [2.45, 2.75) is 24.6 Å². The minimum atomic E-state index is 0.143. The van der Waals surface area contributed by atoms with Crippen molar-refractivity contribution in [1.82, 2.24) is 10.2 Å². The summed E-state index contributed by atoms with van der Waals surface area (Å²) in [5.41, 5.74) is 2.30. The second kappa shape index (κ2) is 6.68. The Kier molecular flexibility index (Phi) is 4.93. The van der Waals surface area contributed by atoms with Crippen LogP contribution in [-0.4, -0.2) is 21.7 Å². The van der Waals surface area contributed by atoms with Crippen molar-refractivity contribution in [3.05, 3.63) is 29.8 Å². The van der Waals surface area contributed by atoms with Crippen molar-refractivity contribution in [3.63, 3.8) is 0 Å². The molecule has 4 nitrogen and oxygen atoms in total. The molecule has 0 saturated carbocycles. The summed E-state index contributed by atoms with van der Waals surface area (Å²) in [6.07, 6.45) is 1.03. The van der Waals surface area contributed by atoms with Crippen LogP contribution in [0.4, 0.5) is 10.8 Å². The monoisotopic (exact) mass is 293 g/mol. The van der Waals surface area contributed by atoms with Gasteiger partial charge in [0.15, 0.2) is 4.34 Å². The number of nitrogens with one attached hydrogen (secondary N) is 1. The number of aromatic nitrogens is 2. The van der Waals surface area contributed by atoms with Crippen molar-refractivity contribution in [3.8, 4) is 0 Å². The summed E-state index contributed by atoms with van der Waals surface area (Å²) in [5, 5.41) is 12.0. The first-order valence-electron chi connectivity index (χ1n) is 5.99. The quantitative estimate of drug-likeness (QED) is 0.826. The molecule has 0 aliphatic carbocycles. The molecular weight excluding hydrogens is 278 g/mol. The molecule has 0 saturated heterocycles. The second-order valence-corrected chi connectivity index (χ2v) is 6.24. The van der Waals surface area contributed by atoms with E-state index in [1.165, 1.54) is 28.7 Å². The van der Waals surface area contributed by atoms with Gasteiger partial charge in [0.1, 0.15) is 5.78 Å². The van der Waals surface area contributed by atoms with Gasteiger partial charge in [0.05, 0.1) is 5.75 Å². The van der Waals surface area contributed by atoms with Crippen molar-refractivity contribution in [2.24, 2.45) is 0 Å². The topological polar surface area (TPSA) is 54.9 Å². The lowest BCUT2D eigenvalue weighted by Gasteiger charge is -2.02. The second-order valence-electron chi connectivity index (χ2n) is 4.04. The van der Waals surface area contributed by atoms with E-state index in [0.717, 1.165) is 21.6 Å². The van der Waals surface area contributed by atoms with Gasteiger partial charge in [-0.2, -0.15) is 0 Å². The lowest BCUT2D eigenvalue weighted by molar-refractivity contribution is -0.114. The van der Waals surface area contributed by atoms with E-state index in [-0.39, 0.29) is 5.78 Å². The third kappa shape index (κ3) is 4.33. The summed E-state index contributed by atoms with van der Waals surface area (Å²) in [6.45, 7) is 3.70. The number of hydrogen-bond donors (Lipinski definition) is 1. The Balaban J connectivity index is 1.96. The number of thioether (sulfide) groups is 1. The van der Waals surface area contributed by atoms with Crippen molar-refractivity contribution < 1.29 is 4.79 Å². The number of rotatable bonds is 6. The third-order valence-electron chi connectivity index (χ3n) is 2.42. The molecule has 2 aromatic rings. The standard InChI is InChI=1S/C13H15N3OS2/c1-3-10-4-6-11(7-5-10)14-12-15-16-13(19-12)18-8-9(2)17/h4-7H,3,8H2,1-2H3,(H,14,15). The molecule has 0 fully saturated rings. The number of aryl methyl sites for hydroxylation is 1. The summed E-state index contributed by atoms with van der Waals surface area (Å²) in [4.78, 5) is 10.9. The molecule has 1 aromatic carbocycles. The fourth-order valence-electron chi connectivity index (χ4n) is 1.43. The summed E-state index contributed by atoms with van der Waals surface area (Å²) in [7, 11) is 0. The molecule has 0 amide bonds. The van der Waals surface area contributed by atoms with E-state index < -0.39 is 0 Å². The Labute approximate surface area is 120 Å². The molecule has 100 valence electrons. The highest BCUT2D eigenvalue weighted by atomic mass is 32.2. The molecule has 0 bridgehead atoms. The van der Waals surface area contributed by atoms with E-state index >= 15 is 0 Å². The maximum absolute atomic E-state index is 10.9. The van der Waals surface area contributed by atoms with Gasteiger partial charge in [-0.25, -0.2) is 0 Å². The predicted octanol–water partition coefficient (Wildman–Crippen LogP) is 3.53. The first kappa shape index (κ1) is 14.0. The van der Waals surface area contributed by atoms with E-state index in [4.69, 9.17) is 0 Å². The smallest absolute Gasteiger partial charge is 0.210 e. The Morgan fingerprint density at radius 1 is 1.32 bits per heavy atom. The van der Waals surface area contributed by atoms with Crippen LogP contribution in [0.3, 0.4) is 0 Å². The van der Waals surface area contributed by atoms with Crippen LogP contribution in [-0.2, 0) is 11.2 Å². The van der Waals surface area contributed by atoms with Crippen molar-refractivity contribution in [1.29, 1.82) is 0 Å². The minimum Gasteiger partial charge on any atom is -0.330 e. The molecule has 2 rings (SSSR count). The van der Waals surface area contributed by atoms with Gasteiger partial charge in [-0.3, -0.25) is 4.79 Å². The van der Waals surface area contributed by atoms with E-state index in [2.05, 4.69) is 34.6 Å². The van der Waals surface area contributed by atoms with Gasteiger partial charge in [0, 0.05) is 5.69 Å². The van der Waals surface area contributed by atoms with E-state index in [0.29, 0.717) is 5.75 Å². The molecule has 6 heteroatoms. The lowest BCUT2D eigenvalue weighted by atomic mass is 10.1. The Bertz CT molecular complexity index is 551. The molecule has 0 radical (unpaired) electrons. The van der Waals surface area contributed by atoms with Gasteiger partial charge in [0.25, 0.3) is 0 Å². The van der Waals surface area contributed by atoms with E-state index in [1.54, 1.807) is 6.92 Å². The number of ketones is 1. The zero-order valence-corrected chi connectivity index (χ0v) is 12.5.